The molecule has 1 unspecified atom stereocenters. The summed E-state index contributed by atoms with van der Waals surface area (Å²) in [5, 5.41) is 8.91. The Balaban J connectivity index is 1.21. The third-order valence-electron chi connectivity index (χ3n) is 6.68. The van der Waals surface area contributed by atoms with E-state index in [-0.39, 0.29) is 23.2 Å². The number of rotatable bonds is 11. The Kier molecular flexibility index (Phi) is 10.2. The quantitative estimate of drug-likeness (QED) is 0.126. The number of hydrogen-bond donors (Lipinski definition) is 3. The number of fused-ring (bicyclic) bond motifs is 1. The van der Waals surface area contributed by atoms with Crippen LogP contribution in [0.25, 0.3) is 20.8 Å². The highest BCUT2D eigenvalue weighted by atomic mass is 32.1. The van der Waals surface area contributed by atoms with Crippen LogP contribution in [-0.2, 0) is 16.1 Å². The molecule has 1 atom stereocenters. The molecule has 0 saturated carbocycles. The highest BCUT2D eigenvalue weighted by molar-refractivity contribution is 7.80. The molecule has 0 bridgehead atoms. The van der Waals surface area contributed by atoms with Gasteiger partial charge < -0.3 is 25.4 Å². The molecule has 1 aliphatic carbocycles. The number of ether oxygens (including phenoxy) is 2. The van der Waals surface area contributed by atoms with Crippen molar-refractivity contribution in [1.82, 2.24) is 20.6 Å². The number of methoxy groups -OCH3 is 1. The van der Waals surface area contributed by atoms with E-state index in [1.54, 1.807) is 25.4 Å². The van der Waals surface area contributed by atoms with E-state index in [0.717, 1.165) is 44.9 Å². The third kappa shape index (κ3) is 8.29. The summed E-state index contributed by atoms with van der Waals surface area (Å²) in [5.74, 6) is 0.203. The SMILES string of the molecule is COCCNCc1ccc(-c2cc3nccc(Oc4ccc(NC(=S)NC(=O)CC5=CCC(C)C=C5)cc4F)c3s2)nc1. The molecule has 0 spiro atoms. The lowest BCUT2D eigenvalue weighted by Crippen LogP contribution is -2.34. The fourth-order valence-electron chi connectivity index (χ4n) is 4.40. The molecular weight excluding hydrogens is 586 g/mol. The van der Waals surface area contributed by atoms with Crippen molar-refractivity contribution in [3.8, 4) is 22.1 Å². The maximum Gasteiger partial charge on any atom is 0.230 e. The zero-order valence-electron chi connectivity index (χ0n) is 23.9. The molecule has 0 aliphatic heterocycles. The molecule has 4 aromatic rings. The number of aromatic nitrogens is 2. The van der Waals surface area contributed by atoms with Crippen molar-refractivity contribution >= 4 is 50.5 Å². The minimum Gasteiger partial charge on any atom is -0.453 e. The van der Waals surface area contributed by atoms with Gasteiger partial charge in [-0.05, 0) is 60.0 Å². The van der Waals surface area contributed by atoms with Crippen molar-refractivity contribution in [2.75, 3.05) is 25.6 Å². The molecule has 3 N–H and O–H groups in total. The van der Waals surface area contributed by atoms with Crippen molar-refractivity contribution in [2.45, 2.75) is 26.3 Å². The monoisotopic (exact) mass is 617 g/mol. The molecule has 3 heterocycles. The lowest BCUT2D eigenvalue weighted by atomic mass is 9.97. The molecule has 0 saturated heterocycles. The van der Waals surface area contributed by atoms with E-state index in [0.29, 0.717) is 30.5 Å². The molecule has 43 heavy (non-hydrogen) atoms. The molecule has 3 aromatic heterocycles. The van der Waals surface area contributed by atoms with E-state index in [1.807, 2.05) is 30.5 Å². The molecule has 0 fully saturated rings. The van der Waals surface area contributed by atoms with Gasteiger partial charge in [0.25, 0.3) is 0 Å². The van der Waals surface area contributed by atoms with Gasteiger partial charge in [-0.1, -0.05) is 31.2 Å². The van der Waals surface area contributed by atoms with E-state index < -0.39 is 5.82 Å². The first kappa shape index (κ1) is 30.4. The van der Waals surface area contributed by atoms with Gasteiger partial charge >= 0.3 is 0 Å². The second-order valence-corrected chi connectivity index (χ2v) is 11.6. The van der Waals surface area contributed by atoms with Gasteiger partial charge in [-0.3, -0.25) is 14.8 Å². The van der Waals surface area contributed by atoms with E-state index in [1.165, 1.54) is 23.5 Å². The molecule has 8 nitrogen and oxygen atoms in total. The number of nitrogens with one attached hydrogen (secondary N) is 3. The second-order valence-electron chi connectivity index (χ2n) is 10.1. The summed E-state index contributed by atoms with van der Waals surface area (Å²) in [4.78, 5) is 22.4. The summed E-state index contributed by atoms with van der Waals surface area (Å²) >= 11 is 6.74. The minimum absolute atomic E-state index is 0.0525. The Hall–Kier alpha value is -4.03. The number of thiophene rings is 1. The predicted molar refractivity (Wildman–Crippen MR) is 173 cm³/mol. The maximum atomic E-state index is 15.1. The van der Waals surface area contributed by atoms with Crippen LogP contribution in [0.5, 0.6) is 11.5 Å². The zero-order chi connectivity index (χ0) is 30.2. The largest absolute Gasteiger partial charge is 0.453 e. The van der Waals surface area contributed by atoms with Crippen LogP contribution >= 0.6 is 23.6 Å². The fraction of sp³-hybridized carbons (Fsp3) is 0.250. The number of allylic oxidation sites excluding steroid dienone is 3. The number of carbonyl (C=O) groups excluding carboxylic acids is 1. The van der Waals surface area contributed by atoms with Gasteiger partial charge in [0.1, 0.15) is 5.75 Å². The van der Waals surface area contributed by atoms with Crippen molar-refractivity contribution < 1.29 is 18.7 Å². The fourth-order valence-corrected chi connectivity index (χ4v) is 5.68. The number of amides is 1. The highest BCUT2D eigenvalue weighted by Gasteiger charge is 2.15. The molecule has 5 rings (SSSR count). The average molecular weight is 618 g/mol. The van der Waals surface area contributed by atoms with Crippen molar-refractivity contribution in [3.63, 3.8) is 0 Å². The topological polar surface area (TPSA) is 97.4 Å². The van der Waals surface area contributed by atoms with Crippen LogP contribution in [0.15, 0.2) is 78.7 Å². The summed E-state index contributed by atoms with van der Waals surface area (Å²) in [7, 11) is 1.68. The van der Waals surface area contributed by atoms with Gasteiger partial charge in [0, 0.05) is 50.4 Å². The number of nitrogens with zero attached hydrogens (tertiary/aromatic N) is 2. The predicted octanol–water partition coefficient (Wildman–Crippen LogP) is 6.75. The van der Waals surface area contributed by atoms with Crippen LogP contribution in [-0.4, -0.2) is 41.2 Å². The molecule has 222 valence electrons. The molecule has 11 heteroatoms. The summed E-state index contributed by atoms with van der Waals surface area (Å²) in [6, 6.07) is 12.1. The summed E-state index contributed by atoms with van der Waals surface area (Å²) in [6.07, 6.45) is 10.7. The Bertz CT molecular complexity index is 1670. The second kappa shape index (κ2) is 14.4. The van der Waals surface area contributed by atoms with Crippen LogP contribution in [0.3, 0.4) is 0 Å². The number of anilines is 1. The van der Waals surface area contributed by atoms with Gasteiger partial charge in [0.05, 0.1) is 33.8 Å². The van der Waals surface area contributed by atoms with Gasteiger partial charge in [0.2, 0.25) is 5.91 Å². The van der Waals surface area contributed by atoms with E-state index in [9.17, 15) is 4.79 Å². The van der Waals surface area contributed by atoms with Gasteiger partial charge in [-0.2, -0.15) is 0 Å². The first-order chi connectivity index (χ1) is 20.9. The first-order valence-corrected chi connectivity index (χ1v) is 15.1. The van der Waals surface area contributed by atoms with Crippen molar-refractivity contribution in [2.24, 2.45) is 5.92 Å². The van der Waals surface area contributed by atoms with E-state index in [2.05, 4.69) is 45.0 Å². The third-order valence-corrected chi connectivity index (χ3v) is 8.05. The summed E-state index contributed by atoms with van der Waals surface area (Å²) in [5.41, 5.74) is 3.97. The molecular formula is C32H32FN5O3S2. The van der Waals surface area contributed by atoms with Crippen LogP contribution in [0, 0.1) is 11.7 Å². The standard InChI is InChI=1S/C32H32FN5O3S2/c1-20-3-5-21(6-4-20)15-30(39)38-32(42)37-23-8-10-27(24(33)16-23)41-28-11-12-35-26-17-29(43-31(26)28)25-9-7-22(19-36-25)18-34-13-14-40-2/h3,5-12,16-17,19-20,34H,4,13-15,18H2,1-2H3,(H2,37,38,39,42). The summed E-state index contributed by atoms with van der Waals surface area (Å²) < 4.78 is 26.9. The Morgan fingerprint density at radius 2 is 2.05 bits per heavy atom. The van der Waals surface area contributed by atoms with Crippen molar-refractivity contribution in [1.29, 1.82) is 0 Å². The number of carbonyl (C=O) groups is 1. The van der Waals surface area contributed by atoms with Gasteiger partial charge in [-0.25, -0.2) is 4.39 Å². The molecule has 1 aromatic carbocycles. The normalized spacial score (nSPS) is 14.4. The molecule has 0 radical (unpaired) electrons. The minimum atomic E-state index is -0.580. The van der Waals surface area contributed by atoms with Crippen LogP contribution in [0.1, 0.15) is 25.3 Å². The average Bonchev–Trinajstić information content (AvgIpc) is 3.44. The molecule has 1 amide bonds. The Morgan fingerprint density at radius 1 is 1.16 bits per heavy atom. The number of hydrogen-bond acceptors (Lipinski definition) is 8. The van der Waals surface area contributed by atoms with Crippen LogP contribution < -0.4 is 20.7 Å². The number of thiocarbonyl (C=S) groups is 1. The van der Waals surface area contributed by atoms with E-state index >= 15 is 4.39 Å². The molecule has 1 aliphatic rings. The smallest absolute Gasteiger partial charge is 0.230 e. The summed E-state index contributed by atoms with van der Waals surface area (Å²) in [6.45, 7) is 4.25. The first-order valence-electron chi connectivity index (χ1n) is 13.9. The number of benzene rings is 1. The number of pyridine rings is 2. The zero-order valence-corrected chi connectivity index (χ0v) is 25.5. The lowest BCUT2D eigenvalue weighted by Gasteiger charge is -2.13. The maximum absolute atomic E-state index is 15.1. The lowest BCUT2D eigenvalue weighted by molar-refractivity contribution is -0.118. The number of halogens is 1. The van der Waals surface area contributed by atoms with Gasteiger partial charge in [-0.15, -0.1) is 11.3 Å². The van der Waals surface area contributed by atoms with Crippen LogP contribution in [0.2, 0.25) is 0 Å². The van der Waals surface area contributed by atoms with Crippen molar-refractivity contribution in [3.05, 3.63) is 90.0 Å². The Morgan fingerprint density at radius 3 is 2.79 bits per heavy atom. The van der Waals surface area contributed by atoms with Crippen LogP contribution in [0.4, 0.5) is 10.1 Å². The van der Waals surface area contributed by atoms with E-state index in [4.69, 9.17) is 21.7 Å². The Labute approximate surface area is 259 Å². The highest BCUT2D eigenvalue weighted by Crippen LogP contribution is 2.39. The van der Waals surface area contributed by atoms with Gasteiger partial charge in [0.15, 0.2) is 16.7 Å².